The summed E-state index contributed by atoms with van der Waals surface area (Å²) >= 11 is 0. The number of carbonyl (C=O) groups is 1. The van der Waals surface area contributed by atoms with Gasteiger partial charge in [0.05, 0.1) is 5.56 Å². The molecule has 0 atom stereocenters. The predicted molar refractivity (Wildman–Crippen MR) is 103 cm³/mol. The third-order valence-corrected chi connectivity index (χ3v) is 4.06. The van der Waals surface area contributed by atoms with E-state index in [0.29, 0.717) is 23.7 Å². The van der Waals surface area contributed by atoms with Crippen LogP contribution in [-0.2, 0) is 6.54 Å². The Bertz CT molecular complexity index is 898. The van der Waals surface area contributed by atoms with Gasteiger partial charge >= 0.3 is 0 Å². The number of halogens is 1. The Morgan fingerprint density at radius 2 is 1.78 bits per heavy atom. The predicted octanol–water partition coefficient (Wildman–Crippen LogP) is 4.41. The van der Waals surface area contributed by atoms with Gasteiger partial charge in [0.25, 0.3) is 5.91 Å². The van der Waals surface area contributed by atoms with Gasteiger partial charge in [-0.3, -0.25) is 4.79 Å². The van der Waals surface area contributed by atoms with Crippen LogP contribution in [0.2, 0.25) is 0 Å². The molecule has 0 aliphatic heterocycles. The Hall–Kier alpha value is -3.28. The van der Waals surface area contributed by atoms with Crippen molar-refractivity contribution in [3.05, 3.63) is 83.9 Å². The van der Waals surface area contributed by atoms with Crippen LogP contribution in [0.15, 0.2) is 67.0 Å². The normalized spacial score (nSPS) is 10.7. The van der Waals surface area contributed by atoms with Crippen molar-refractivity contribution in [3.63, 3.8) is 0 Å². The third kappa shape index (κ3) is 4.88. The summed E-state index contributed by atoms with van der Waals surface area (Å²) in [5.41, 5.74) is 2.01. The molecule has 27 heavy (non-hydrogen) atoms. The first-order chi connectivity index (χ1) is 13.0. The number of nitrogens with one attached hydrogen (secondary N) is 1. The molecular formula is C21H21FN4O. The van der Waals surface area contributed by atoms with Crippen LogP contribution in [0.4, 0.5) is 16.0 Å². The van der Waals surface area contributed by atoms with E-state index in [2.05, 4.69) is 15.3 Å². The highest BCUT2D eigenvalue weighted by Crippen LogP contribution is 2.16. The van der Waals surface area contributed by atoms with Gasteiger partial charge in [-0.15, -0.1) is 0 Å². The van der Waals surface area contributed by atoms with Gasteiger partial charge in [0.1, 0.15) is 5.82 Å². The molecule has 0 aliphatic rings. The largest absolute Gasteiger partial charge is 0.332 e. The van der Waals surface area contributed by atoms with E-state index >= 15 is 0 Å². The number of carbonyl (C=O) groups excluding carboxylic acids is 1. The molecule has 138 valence electrons. The van der Waals surface area contributed by atoms with Crippen LogP contribution >= 0.6 is 0 Å². The number of rotatable bonds is 6. The number of anilines is 2. The fraction of sp³-hybridized carbons (Fsp3) is 0.190. The number of hydrogen-bond acceptors (Lipinski definition) is 4. The quantitative estimate of drug-likeness (QED) is 0.704. The second kappa shape index (κ2) is 8.40. The second-order valence-corrected chi connectivity index (χ2v) is 6.44. The first kappa shape index (κ1) is 18.5. The average Bonchev–Trinajstić information content (AvgIpc) is 2.67. The van der Waals surface area contributed by atoms with Crippen molar-refractivity contribution in [1.29, 1.82) is 0 Å². The molecule has 0 bridgehead atoms. The van der Waals surface area contributed by atoms with Crippen molar-refractivity contribution in [3.8, 4) is 0 Å². The molecule has 5 nitrogen and oxygen atoms in total. The minimum absolute atomic E-state index is 0.0304. The third-order valence-electron chi connectivity index (χ3n) is 4.06. The van der Waals surface area contributed by atoms with Crippen molar-refractivity contribution >= 4 is 17.5 Å². The summed E-state index contributed by atoms with van der Waals surface area (Å²) in [6.07, 6.45) is 2.97. The van der Waals surface area contributed by atoms with E-state index in [1.807, 2.05) is 44.2 Å². The highest BCUT2D eigenvalue weighted by Gasteiger charge is 2.20. The number of aromatic nitrogens is 2. The summed E-state index contributed by atoms with van der Waals surface area (Å²) in [5.74, 6) is -0.178. The summed E-state index contributed by atoms with van der Waals surface area (Å²) in [6, 6.07) is 15.9. The molecule has 0 aliphatic carbocycles. The van der Waals surface area contributed by atoms with Gasteiger partial charge < -0.3 is 10.2 Å². The molecule has 3 rings (SSSR count). The Kier molecular flexibility index (Phi) is 5.76. The van der Waals surface area contributed by atoms with E-state index in [4.69, 9.17) is 0 Å². The Morgan fingerprint density at radius 1 is 1.07 bits per heavy atom. The van der Waals surface area contributed by atoms with Crippen LogP contribution < -0.4 is 5.32 Å². The second-order valence-electron chi connectivity index (χ2n) is 6.44. The molecule has 2 aromatic carbocycles. The van der Waals surface area contributed by atoms with Gasteiger partial charge in [-0.05, 0) is 37.6 Å². The molecule has 1 aromatic heterocycles. The fourth-order valence-electron chi connectivity index (χ4n) is 2.63. The smallest absolute Gasteiger partial charge is 0.257 e. The summed E-state index contributed by atoms with van der Waals surface area (Å²) in [5, 5.41) is 2.92. The lowest BCUT2D eigenvalue weighted by atomic mass is 10.1. The summed E-state index contributed by atoms with van der Waals surface area (Å²) in [7, 11) is 0. The molecule has 1 N–H and O–H groups in total. The first-order valence-corrected chi connectivity index (χ1v) is 8.72. The number of hydrogen-bond donors (Lipinski definition) is 1. The fourth-order valence-corrected chi connectivity index (χ4v) is 2.63. The molecule has 0 saturated carbocycles. The minimum atomic E-state index is -0.347. The van der Waals surface area contributed by atoms with Gasteiger partial charge in [-0.25, -0.2) is 14.4 Å². The monoisotopic (exact) mass is 364 g/mol. The number of amides is 1. The maximum absolute atomic E-state index is 13.3. The minimum Gasteiger partial charge on any atom is -0.332 e. The molecule has 1 amide bonds. The Morgan fingerprint density at radius 3 is 2.41 bits per heavy atom. The molecular weight excluding hydrogens is 343 g/mol. The average molecular weight is 364 g/mol. The van der Waals surface area contributed by atoms with E-state index in [9.17, 15) is 9.18 Å². The summed E-state index contributed by atoms with van der Waals surface area (Å²) < 4.78 is 13.3. The van der Waals surface area contributed by atoms with Crippen molar-refractivity contribution in [2.24, 2.45) is 0 Å². The first-order valence-electron chi connectivity index (χ1n) is 8.72. The van der Waals surface area contributed by atoms with Crippen molar-refractivity contribution in [2.45, 2.75) is 26.4 Å². The van der Waals surface area contributed by atoms with E-state index < -0.39 is 0 Å². The van der Waals surface area contributed by atoms with Gasteiger partial charge in [-0.1, -0.05) is 36.4 Å². The van der Waals surface area contributed by atoms with Gasteiger partial charge in [0.2, 0.25) is 5.95 Å². The lowest BCUT2D eigenvalue weighted by Crippen LogP contribution is -2.36. The molecule has 6 heteroatoms. The Balaban J connectivity index is 1.73. The van der Waals surface area contributed by atoms with Crippen LogP contribution in [-0.4, -0.2) is 26.8 Å². The molecule has 1 heterocycles. The molecule has 0 unspecified atom stereocenters. The maximum Gasteiger partial charge on any atom is 0.257 e. The van der Waals surface area contributed by atoms with Crippen LogP contribution in [0.1, 0.15) is 29.8 Å². The Labute approximate surface area is 157 Å². The SMILES string of the molecule is CC(C)N(Cc1ccccc1)C(=O)c1cnc(Nc2cccc(F)c2)nc1. The number of nitrogens with zero attached hydrogens (tertiary/aromatic N) is 3. The van der Waals surface area contributed by atoms with Crippen LogP contribution in [0, 0.1) is 5.82 Å². The van der Waals surface area contributed by atoms with Gasteiger partial charge in [0.15, 0.2) is 0 Å². The van der Waals surface area contributed by atoms with E-state index in [1.54, 1.807) is 17.0 Å². The molecule has 0 fully saturated rings. The van der Waals surface area contributed by atoms with Crippen LogP contribution in [0.25, 0.3) is 0 Å². The van der Waals surface area contributed by atoms with E-state index in [0.717, 1.165) is 5.56 Å². The van der Waals surface area contributed by atoms with Gasteiger partial charge in [-0.2, -0.15) is 0 Å². The van der Waals surface area contributed by atoms with E-state index in [1.165, 1.54) is 24.5 Å². The zero-order valence-electron chi connectivity index (χ0n) is 15.3. The topological polar surface area (TPSA) is 58.1 Å². The molecule has 0 saturated heterocycles. The van der Waals surface area contributed by atoms with Crippen molar-refractivity contribution < 1.29 is 9.18 Å². The van der Waals surface area contributed by atoms with Gasteiger partial charge in [0, 0.05) is 30.7 Å². The molecule has 0 spiro atoms. The lowest BCUT2D eigenvalue weighted by molar-refractivity contribution is 0.0689. The summed E-state index contributed by atoms with van der Waals surface area (Å²) in [6.45, 7) is 4.46. The zero-order chi connectivity index (χ0) is 19.2. The van der Waals surface area contributed by atoms with Crippen LogP contribution in [0.3, 0.4) is 0 Å². The maximum atomic E-state index is 13.3. The highest BCUT2D eigenvalue weighted by atomic mass is 19.1. The summed E-state index contributed by atoms with van der Waals surface area (Å²) in [4.78, 5) is 23.0. The van der Waals surface area contributed by atoms with Crippen molar-refractivity contribution in [2.75, 3.05) is 5.32 Å². The standard InChI is InChI=1S/C21H21FN4O/c1-15(2)26(14-16-7-4-3-5-8-16)20(27)17-12-23-21(24-13-17)25-19-10-6-9-18(22)11-19/h3-13,15H,14H2,1-2H3,(H,23,24,25). The van der Waals surface area contributed by atoms with E-state index in [-0.39, 0.29) is 17.8 Å². The van der Waals surface area contributed by atoms with Crippen molar-refractivity contribution in [1.82, 2.24) is 14.9 Å². The zero-order valence-corrected chi connectivity index (χ0v) is 15.3. The van der Waals surface area contributed by atoms with Crippen LogP contribution in [0.5, 0.6) is 0 Å². The number of benzene rings is 2. The lowest BCUT2D eigenvalue weighted by Gasteiger charge is -2.26. The molecule has 3 aromatic rings. The molecule has 0 radical (unpaired) electrons. The highest BCUT2D eigenvalue weighted by molar-refractivity contribution is 5.93.